The number of aromatic nitrogens is 1. The third kappa shape index (κ3) is 3.73. The Morgan fingerprint density at radius 2 is 1.90 bits per heavy atom. The largest absolute Gasteiger partial charge is 0.418 e. The number of rotatable bonds is 3. The number of pyridine rings is 1. The third-order valence-corrected chi connectivity index (χ3v) is 6.10. The topological polar surface area (TPSA) is 39.7 Å². The molecule has 0 aliphatic carbocycles. The Labute approximate surface area is 179 Å². The number of nitrogens with zero attached hydrogens (tertiary/aromatic N) is 4. The molecule has 2 amide bonds. The molecule has 2 fully saturated rings. The molecule has 2 saturated heterocycles. The number of piperazine rings is 1. The number of carbonyl (C=O) groups is 1. The summed E-state index contributed by atoms with van der Waals surface area (Å²) in [7, 11) is 0. The summed E-state index contributed by atoms with van der Waals surface area (Å²) in [5.41, 5.74) is -0.557. The van der Waals surface area contributed by atoms with E-state index in [1.807, 2.05) is 19.1 Å². The number of benzene rings is 1. The highest BCUT2D eigenvalue weighted by Crippen LogP contribution is 2.40. The molecule has 2 atom stereocenters. The second-order valence-electron chi connectivity index (χ2n) is 7.41. The molecule has 0 saturated carbocycles. The molecular weight excluding hydrogens is 468 g/mol. The molecule has 2 aliphatic heterocycles. The van der Waals surface area contributed by atoms with E-state index in [0.29, 0.717) is 23.8 Å². The molecule has 0 spiro atoms. The molecule has 10 heteroatoms. The lowest BCUT2D eigenvalue weighted by atomic mass is 10.0. The maximum absolute atomic E-state index is 13.5. The molecule has 0 radical (unpaired) electrons. The number of amides is 2. The molecule has 1 aromatic heterocycles. The summed E-state index contributed by atoms with van der Waals surface area (Å²) in [6.45, 7) is 2.98. The minimum Gasteiger partial charge on any atom is -0.363 e. The minimum atomic E-state index is -4.76. The molecule has 5 nitrogen and oxygen atoms in total. The van der Waals surface area contributed by atoms with Gasteiger partial charge in [-0.15, -0.1) is 0 Å². The molecule has 3 heterocycles. The number of halogens is 5. The van der Waals surface area contributed by atoms with Crippen LogP contribution in [0.5, 0.6) is 0 Å². The highest BCUT2D eigenvalue weighted by molar-refractivity contribution is 9.10. The molecule has 160 valence electrons. The summed E-state index contributed by atoms with van der Waals surface area (Å²) < 4.78 is 54.6. The van der Waals surface area contributed by atoms with Crippen molar-refractivity contribution < 1.29 is 22.4 Å². The Kier molecular flexibility index (Phi) is 5.37. The van der Waals surface area contributed by atoms with Crippen LogP contribution in [0.2, 0.25) is 0 Å². The SMILES string of the molecule is CC[C@@H]1CN2C(=O)N(c3ccc(F)cc3C(F)(F)F)C[C@@H]2CN1c1ccc(Br)nc1. The first-order valence-corrected chi connectivity index (χ1v) is 10.3. The maximum atomic E-state index is 13.5. The van der Waals surface area contributed by atoms with Gasteiger partial charge in [0, 0.05) is 25.7 Å². The lowest BCUT2D eigenvalue weighted by Crippen LogP contribution is -2.57. The average molecular weight is 487 g/mol. The van der Waals surface area contributed by atoms with Gasteiger partial charge >= 0.3 is 12.2 Å². The smallest absolute Gasteiger partial charge is 0.363 e. The zero-order chi connectivity index (χ0) is 21.6. The van der Waals surface area contributed by atoms with Crippen LogP contribution in [0.3, 0.4) is 0 Å². The van der Waals surface area contributed by atoms with Crippen molar-refractivity contribution in [2.45, 2.75) is 31.6 Å². The van der Waals surface area contributed by atoms with Gasteiger partial charge < -0.3 is 9.80 Å². The van der Waals surface area contributed by atoms with Gasteiger partial charge in [0.2, 0.25) is 0 Å². The maximum Gasteiger partial charge on any atom is 0.418 e. The van der Waals surface area contributed by atoms with E-state index >= 15 is 0 Å². The molecule has 2 aliphatic rings. The van der Waals surface area contributed by atoms with Crippen LogP contribution >= 0.6 is 15.9 Å². The number of alkyl halides is 3. The van der Waals surface area contributed by atoms with Crippen LogP contribution in [0.15, 0.2) is 41.1 Å². The second kappa shape index (κ2) is 7.72. The Hall–Kier alpha value is -2.36. The van der Waals surface area contributed by atoms with Gasteiger partial charge in [0.25, 0.3) is 0 Å². The fourth-order valence-electron chi connectivity index (χ4n) is 4.16. The van der Waals surface area contributed by atoms with E-state index in [0.717, 1.165) is 29.1 Å². The average Bonchev–Trinajstić information content (AvgIpc) is 3.02. The zero-order valence-electron chi connectivity index (χ0n) is 16.0. The van der Waals surface area contributed by atoms with Crippen molar-refractivity contribution in [3.05, 3.63) is 52.5 Å². The molecule has 0 N–H and O–H groups in total. The van der Waals surface area contributed by atoms with Gasteiger partial charge in [-0.2, -0.15) is 13.2 Å². The van der Waals surface area contributed by atoms with Gasteiger partial charge in [-0.25, -0.2) is 14.2 Å². The van der Waals surface area contributed by atoms with Crippen LogP contribution in [0.4, 0.5) is 33.7 Å². The summed E-state index contributed by atoms with van der Waals surface area (Å²) in [6.07, 6.45) is -2.27. The number of hydrogen-bond donors (Lipinski definition) is 0. The van der Waals surface area contributed by atoms with Gasteiger partial charge in [0.15, 0.2) is 0 Å². The van der Waals surface area contributed by atoms with Gasteiger partial charge in [0.1, 0.15) is 10.4 Å². The van der Waals surface area contributed by atoms with E-state index in [1.54, 1.807) is 11.1 Å². The summed E-state index contributed by atoms with van der Waals surface area (Å²) >= 11 is 3.31. The quantitative estimate of drug-likeness (QED) is 0.457. The van der Waals surface area contributed by atoms with Gasteiger partial charge in [-0.3, -0.25) is 4.90 Å². The van der Waals surface area contributed by atoms with E-state index < -0.39 is 23.6 Å². The Balaban J connectivity index is 1.64. The Bertz CT molecular complexity index is 953. The second-order valence-corrected chi connectivity index (χ2v) is 8.22. The molecule has 0 unspecified atom stereocenters. The number of urea groups is 1. The van der Waals surface area contributed by atoms with Crippen LogP contribution in [-0.2, 0) is 6.18 Å². The first-order chi connectivity index (χ1) is 14.2. The molecular formula is C20H19BrF4N4O. The predicted octanol–water partition coefficient (Wildman–Crippen LogP) is 4.91. The van der Waals surface area contributed by atoms with Crippen LogP contribution in [0.25, 0.3) is 0 Å². The third-order valence-electron chi connectivity index (χ3n) is 5.64. The van der Waals surface area contributed by atoms with Crippen molar-refractivity contribution in [1.29, 1.82) is 0 Å². The van der Waals surface area contributed by atoms with Gasteiger partial charge in [0.05, 0.1) is 29.2 Å². The molecule has 4 rings (SSSR count). The van der Waals surface area contributed by atoms with Crippen molar-refractivity contribution in [3.8, 4) is 0 Å². The van der Waals surface area contributed by atoms with Gasteiger partial charge in [-0.1, -0.05) is 6.92 Å². The van der Waals surface area contributed by atoms with E-state index in [4.69, 9.17) is 0 Å². The van der Waals surface area contributed by atoms with E-state index in [1.165, 1.54) is 0 Å². The molecule has 1 aromatic carbocycles. The van der Waals surface area contributed by atoms with E-state index in [-0.39, 0.29) is 24.3 Å². The van der Waals surface area contributed by atoms with Crippen LogP contribution in [-0.4, -0.2) is 47.6 Å². The summed E-state index contributed by atoms with van der Waals surface area (Å²) in [5, 5.41) is 0. The van der Waals surface area contributed by atoms with Crippen molar-refractivity contribution >= 4 is 33.3 Å². The summed E-state index contributed by atoms with van der Waals surface area (Å²) in [5.74, 6) is -0.990. The normalized spacial score (nSPS) is 21.9. The molecule has 30 heavy (non-hydrogen) atoms. The number of carbonyl (C=O) groups excluding carboxylic acids is 1. The fourth-order valence-corrected chi connectivity index (χ4v) is 4.39. The lowest BCUT2D eigenvalue weighted by molar-refractivity contribution is -0.137. The highest BCUT2D eigenvalue weighted by Gasteiger charge is 2.46. The van der Waals surface area contributed by atoms with Crippen LogP contribution in [0.1, 0.15) is 18.9 Å². The first-order valence-electron chi connectivity index (χ1n) is 9.52. The van der Waals surface area contributed by atoms with Crippen LogP contribution in [0, 0.1) is 5.82 Å². The van der Waals surface area contributed by atoms with Gasteiger partial charge in [-0.05, 0) is 52.7 Å². The van der Waals surface area contributed by atoms with Crippen LogP contribution < -0.4 is 9.80 Å². The van der Waals surface area contributed by atoms with Crippen molar-refractivity contribution in [2.75, 3.05) is 29.4 Å². The Morgan fingerprint density at radius 3 is 2.53 bits per heavy atom. The fraction of sp³-hybridized carbons (Fsp3) is 0.400. The molecule has 2 aromatic rings. The van der Waals surface area contributed by atoms with E-state index in [9.17, 15) is 22.4 Å². The number of hydrogen-bond acceptors (Lipinski definition) is 3. The Morgan fingerprint density at radius 1 is 1.13 bits per heavy atom. The lowest BCUT2D eigenvalue weighted by Gasteiger charge is -2.43. The van der Waals surface area contributed by atoms with Crippen molar-refractivity contribution in [3.63, 3.8) is 0 Å². The first kappa shape index (κ1) is 20.9. The standard InChI is InChI=1S/C20H19BrF4N4O/c1-2-13-9-28-15(10-27(13)14-4-6-18(21)26-8-14)11-29(19(28)30)17-5-3-12(22)7-16(17)20(23,24)25/h3-8,13,15H,2,9-11H2,1H3/t13-,15+/m1/s1. The minimum absolute atomic E-state index is 0.0171. The highest BCUT2D eigenvalue weighted by atomic mass is 79.9. The summed E-state index contributed by atoms with van der Waals surface area (Å²) in [6, 6.07) is 5.42. The van der Waals surface area contributed by atoms with E-state index in [2.05, 4.69) is 25.8 Å². The zero-order valence-corrected chi connectivity index (χ0v) is 17.6. The summed E-state index contributed by atoms with van der Waals surface area (Å²) in [4.78, 5) is 22.1. The van der Waals surface area contributed by atoms with Crippen molar-refractivity contribution in [1.82, 2.24) is 9.88 Å². The number of fused-ring (bicyclic) bond motifs is 1. The van der Waals surface area contributed by atoms with Crippen molar-refractivity contribution in [2.24, 2.45) is 0 Å². The number of anilines is 2. The predicted molar refractivity (Wildman–Crippen MR) is 108 cm³/mol. The monoisotopic (exact) mass is 486 g/mol. The molecule has 0 bridgehead atoms.